The molecule has 3 fully saturated rings. The largest absolute Gasteiger partial charge is 0.444 e. The number of unbranched alkanes of at least 4 members (excludes halogenated alkanes) is 1. The molecule has 2 atom stereocenters. The number of hydrogen-bond acceptors (Lipinski definition) is 7. The number of hydrogen-bond donors (Lipinski definition) is 0. The van der Waals surface area contributed by atoms with Gasteiger partial charge in [0, 0.05) is 58.9 Å². The molecule has 0 unspecified atom stereocenters. The van der Waals surface area contributed by atoms with E-state index >= 15 is 0 Å². The van der Waals surface area contributed by atoms with E-state index in [0.29, 0.717) is 70.6 Å². The van der Waals surface area contributed by atoms with E-state index in [-0.39, 0.29) is 30.3 Å². The van der Waals surface area contributed by atoms with Gasteiger partial charge in [0.05, 0.1) is 31.4 Å². The van der Waals surface area contributed by atoms with Crippen LogP contribution in [0.15, 0.2) is 6.20 Å². The molecular formula is C34H57N5O6. The Hall–Kier alpha value is -2.66. The molecule has 11 heteroatoms. The monoisotopic (exact) mass is 631 g/mol. The number of morpholine rings is 1. The Labute approximate surface area is 269 Å². The minimum Gasteiger partial charge on any atom is -0.444 e. The van der Waals surface area contributed by atoms with Gasteiger partial charge in [0.15, 0.2) is 0 Å². The summed E-state index contributed by atoms with van der Waals surface area (Å²) < 4.78 is 18.7. The third-order valence-electron chi connectivity index (χ3n) is 9.07. The lowest BCUT2D eigenvalue weighted by Crippen LogP contribution is -2.58. The summed E-state index contributed by atoms with van der Waals surface area (Å²) in [6, 6.07) is -0.342. The quantitative estimate of drug-likeness (QED) is 0.319. The third kappa shape index (κ3) is 9.67. The number of aromatic nitrogens is 2. The van der Waals surface area contributed by atoms with Crippen molar-refractivity contribution >= 4 is 17.9 Å². The molecule has 1 aromatic heterocycles. The number of carbonyl (C=O) groups is 3. The predicted octanol–water partition coefficient (Wildman–Crippen LogP) is 4.94. The maximum Gasteiger partial charge on any atom is 0.410 e. The normalized spacial score (nSPS) is 21.7. The first-order chi connectivity index (χ1) is 21.5. The van der Waals surface area contributed by atoms with E-state index in [0.717, 1.165) is 31.5 Å². The van der Waals surface area contributed by atoms with Gasteiger partial charge in [-0.1, -0.05) is 33.1 Å². The van der Waals surface area contributed by atoms with Crippen LogP contribution in [0.2, 0.25) is 0 Å². The number of likely N-dealkylation sites (tertiary alicyclic amines) is 1. The van der Waals surface area contributed by atoms with Crippen LogP contribution in [0.4, 0.5) is 4.79 Å². The number of methoxy groups -OCH3 is 1. The number of imidazole rings is 1. The van der Waals surface area contributed by atoms with E-state index in [1.54, 1.807) is 18.2 Å². The highest BCUT2D eigenvalue weighted by Gasteiger charge is 2.41. The standard InChI is InChI=1S/C34H57N5O6/c1-25(2)22-39(32(41)29-21-35-30(26-12-8-7-9-13-26)38(29)14-10-11-17-43-6)28-20-27(31(40)36-15-18-44-19-16-36)23-37(24-28)33(42)45-34(3,4)5/h21,25-28H,7-20,22-24H2,1-6H3/t27-,28+/m1/s1. The molecule has 3 heterocycles. The van der Waals surface area contributed by atoms with Crippen LogP contribution in [0.5, 0.6) is 0 Å². The zero-order valence-corrected chi connectivity index (χ0v) is 28.6. The van der Waals surface area contributed by atoms with Gasteiger partial charge in [-0.3, -0.25) is 9.59 Å². The van der Waals surface area contributed by atoms with Gasteiger partial charge >= 0.3 is 6.09 Å². The number of carbonyl (C=O) groups excluding carboxylic acids is 3. The van der Waals surface area contributed by atoms with Crippen molar-refractivity contribution in [2.45, 2.75) is 110 Å². The average molecular weight is 632 g/mol. The highest BCUT2D eigenvalue weighted by atomic mass is 16.6. The first-order valence-corrected chi connectivity index (χ1v) is 17.2. The van der Waals surface area contributed by atoms with Crippen LogP contribution < -0.4 is 0 Å². The third-order valence-corrected chi connectivity index (χ3v) is 9.07. The summed E-state index contributed by atoms with van der Waals surface area (Å²) in [5, 5.41) is 0. The van der Waals surface area contributed by atoms with Crippen LogP contribution >= 0.6 is 0 Å². The molecule has 0 N–H and O–H groups in total. The highest BCUT2D eigenvalue weighted by molar-refractivity contribution is 5.93. The summed E-state index contributed by atoms with van der Waals surface area (Å²) in [6.07, 6.45) is 9.41. The molecule has 1 aliphatic carbocycles. The molecule has 11 nitrogen and oxygen atoms in total. The van der Waals surface area contributed by atoms with Crippen LogP contribution in [-0.4, -0.2) is 113 Å². The summed E-state index contributed by atoms with van der Waals surface area (Å²) in [6.45, 7) is 14.3. The van der Waals surface area contributed by atoms with Crippen molar-refractivity contribution in [3.63, 3.8) is 0 Å². The summed E-state index contributed by atoms with van der Waals surface area (Å²) in [4.78, 5) is 52.2. The second kappa shape index (κ2) is 16.3. The minimum absolute atomic E-state index is 0.0104. The fraction of sp³-hybridized carbons (Fsp3) is 0.824. The molecule has 0 bridgehead atoms. The molecule has 3 aliphatic rings. The summed E-state index contributed by atoms with van der Waals surface area (Å²) in [5.41, 5.74) is -0.0782. The number of amides is 3. The van der Waals surface area contributed by atoms with Crippen molar-refractivity contribution in [3.05, 3.63) is 17.7 Å². The van der Waals surface area contributed by atoms with Crippen molar-refractivity contribution in [1.29, 1.82) is 0 Å². The molecule has 1 saturated carbocycles. The molecule has 3 amide bonds. The van der Waals surface area contributed by atoms with Crippen molar-refractivity contribution < 1.29 is 28.6 Å². The van der Waals surface area contributed by atoms with E-state index in [4.69, 9.17) is 19.2 Å². The number of ether oxygens (including phenoxy) is 3. The molecule has 0 radical (unpaired) electrons. The zero-order valence-electron chi connectivity index (χ0n) is 28.6. The molecule has 2 aliphatic heterocycles. The maximum absolute atomic E-state index is 14.7. The number of nitrogens with zero attached hydrogens (tertiary/aromatic N) is 5. The highest BCUT2D eigenvalue weighted by Crippen LogP contribution is 2.33. The topological polar surface area (TPSA) is 106 Å². The maximum atomic E-state index is 14.7. The second-order valence-electron chi connectivity index (χ2n) is 14.4. The molecule has 1 aromatic rings. The van der Waals surface area contributed by atoms with Gasteiger partial charge in [-0.25, -0.2) is 9.78 Å². The van der Waals surface area contributed by atoms with Crippen molar-refractivity contribution in [3.8, 4) is 0 Å². The molecule has 2 saturated heterocycles. The lowest BCUT2D eigenvalue weighted by Gasteiger charge is -2.44. The van der Waals surface area contributed by atoms with Gasteiger partial charge in [-0.2, -0.15) is 0 Å². The van der Waals surface area contributed by atoms with Crippen LogP contribution in [0, 0.1) is 11.8 Å². The van der Waals surface area contributed by atoms with E-state index < -0.39 is 17.6 Å². The molecule has 4 rings (SSSR count). The molecule has 254 valence electrons. The van der Waals surface area contributed by atoms with E-state index in [2.05, 4.69) is 18.4 Å². The Morgan fingerprint density at radius 1 is 1.04 bits per heavy atom. The van der Waals surface area contributed by atoms with Crippen LogP contribution in [-0.2, 0) is 25.5 Å². The molecule has 45 heavy (non-hydrogen) atoms. The first-order valence-electron chi connectivity index (χ1n) is 17.2. The lowest BCUT2D eigenvalue weighted by molar-refractivity contribution is -0.142. The Bertz CT molecular complexity index is 1120. The van der Waals surface area contributed by atoms with Crippen molar-refractivity contribution in [1.82, 2.24) is 24.3 Å². The van der Waals surface area contributed by atoms with E-state index in [1.807, 2.05) is 30.6 Å². The Balaban J connectivity index is 1.65. The Morgan fingerprint density at radius 2 is 1.76 bits per heavy atom. The van der Waals surface area contributed by atoms with E-state index in [1.165, 1.54) is 19.3 Å². The number of rotatable bonds is 11. The van der Waals surface area contributed by atoms with Crippen molar-refractivity contribution in [2.24, 2.45) is 11.8 Å². The van der Waals surface area contributed by atoms with Gasteiger partial charge < -0.3 is 33.5 Å². The summed E-state index contributed by atoms with van der Waals surface area (Å²) in [5.74, 6) is 1.05. The SMILES string of the molecule is COCCCCn1c(C(=O)N(CC(C)C)[C@H]2C[C@@H](C(=O)N3CCOCC3)CN(C(=O)OC(C)(C)C)C2)cnc1C1CCCCC1. The lowest BCUT2D eigenvalue weighted by atomic mass is 9.88. The Morgan fingerprint density at radius 3 is 2.40 bits per heavy atom. The van der Waals surface area contributed by atoms with Gasteiger partial charge in [-0.05, 0) is 58.8 Å². The van der Waals surface area contributed by atoms with Gasteiger partial charge in [0.1, 0.15) is 17.1 Å². The van der Waals surface area contributed by atoms with Gasteiger partial charge in [-0.15, -0.1) is 0 Å². The van der Waals surface area contributed by atoms with Crippen LogP contribution in [0.25, 0.3) is 0 Å². The van der Waals surface area contributed by atoms with Crippen LogP contribution in [0.1, 0.15) is 108 Å². The van der Waals surface area contributed by atoms with Crippen LogP contribution in [0.3, 0.4) is 0 Å². The van der Waals surface area contributed by atoms with Gasteiger partial charge in [0.2, 0.25) is 5.91 Å². The predicted molar refractivity (Wildman–Crippen MR) is 172 cm³/mol. The summed E-state index contributed by atoms with van der Waals surface area (Å²) >= 11 is 0. The molecular weight excluding hydrogens is 574 g/mol. The van der Waals surface area contributed by atoms with Gasteiger partial charge in [0.25, 0.3) is 5.91 Å². The fourth-order valence-corrected chi connectivity index (χ4v) is 6.93. The Kier molecular flexibility index (Phi) is 12.7. The smallest absolute Gasteiger partial charge is 0.410 e. The zero-order chi connectivity index (χ0) is 32.6. The minimum atomic E-state index is -0.675. The fourth-order valence-electron chi connectivity index (χ4n) is 6.93. The molecule has 0 aromatic carbocycles. The van der Waals surface area contributed by atoms with E-state index in [9.17, 15) is 14.4 Å². The molecule has 0 spiro atoms. The second-order valence-corrected chi connectivity index (χ2v) is 14.4. The first kappa shape index (κ1) is 35.2. The number of piperidine rings is 1. The van der Waals surface area contributed by atoms with Crippen molar-refractivity contribution in [2.75, 3.05) is 59.7 Å². The summed E-state index contributed by atoms with van der Waals surface area (Å²) in [7, 11) is 1.71. The average Bonchev–Trinajstić information content (AvgIpc) is 3.45.